The number of hydrogen-bond donors (Lipinski definition) is 1. The number of carbonyl (C=O) groups excluding carboxylic acids is 1. The fourth-order valence-electron chi connectivity index (χ4n) is 2.52. The van der Waals surface area contributed by atoms with Crippen LogP contribution in [0.3, 0.4) is 0 Å². The number of carboxylic acids is 1. The fraction of sp³-hybridized carbons (Fsp3) is 0.571. The minimum absolute atomic E-state index is 0.0195. The molecule has 0 aromatic heterocycles. The lowest BCUT2D eigenvalue weighted by atomic mass is 9.98. The molecule has 18 heavy (non-hydrogen) atoms. The average molecular weight is 251 g/mol. The van der Waals surface area contributed by atoms with Gasteiger partial charge in [-0.15, -0.1) is 13.2 Å². The largest absolute Gasteiger partial charge is 0.481 e. The normalized spacial score (nSPS) is 23.1. The number of nitrogens with zero attached hydrogens (tertiary/aromatic N) is 1. The van der Waals surface area contributed by atoms with E-state index in [1.807, 2.05) is 6.92 Å². The summed E-state index contributed by atoms with van der Waals surface area (Å²) in [4.78, 5) is 25.1. The molecule has 2 atom stereocenters. The second-order valence-electron chi connectivity index (χ2n) is 4.75. The van der Waals surface area contributed by atoms with E-state index < -0.39 is 11.9 Å². The molecule has 100 valence electrons. The first-order valence-electron chi connectivity index (χ1n) is 6.28. The Balaban J connectivity index is 2.74. The molecule has 1 heterocycles. The van der Waals surface area contributed by atoms with Crippen LogP contribution in [0.4, 0.5) is 0 Å². The molecule has 0 aliphatic carbocycles. The Kier molecular flexibility index (Phi) is 5.13. The standard InChI is InChI=1S/C14H21NO3/c1-4-6-11(7-5-2)13(16)15-9-8-12(10(15)3)14(17)18/h4-5,10-12H,1-2,6-9H2,3H3,(H,17,18). The highest BCUT2D eigenvalue weighted by Gasteiger charge is 2.39. The van der Waals surface area contributed by atoms with E-state index >= 15 is 0 Å². The Labute approximate surface area is 108 Å². The van der Waals surface area contributed by atoms with Gasteiger partial charge < -0.3 is 10.0 Å². The number of carbonyl (C=O) groups is 2. The maximum Gasteiger partial charge on any atom is 0.308 e. The first-order valence-corrected chi connectivity index (χ1v) is 6.28. The Hall–Kier alpha value is -1.58. The molecular formula is C14H21NO3. The van der Waals surface area contributed by atoms with Crippen molar-refractivity contribution in [2.24, 2.45) is 11.8 Å². The smallest absolute Gasteiger partial charge is 0.308 e. The zero-order valence-corrected chi connectivity index (χ0v) is 10.8. The molecule has 1 aliphatic rings. The van der Waals surface area contributed by atoms with Crippen molar-refractivity contribution in [2.45, 2.75) is 32.2 Å². The van der Waals surface area contributed by atoms with Crippen LogP contribution in [-0.2, 0) is 9.59 Å². The van der Waals surface area contributed by atoms with Gasteiger partial charge in [-0.05, 0) is 26.2 Å². The molecule has 2 unspecified atom stereocenters. The van der Waals surface area contributed by atoms with Gasteiger partial charge in [0.1, 0.15) is 0 Å². The number of amides is 1. The molecule has 1 fully saturated rings. The van der Waals surface area contributed by atoms with Crippen LogP contribution in [0.2, 0.25) is 0 Å². The van der Waals surface area contributed by atoms with Crippen molar-refractivity contribution in [1.82, 2.24) is 4.90 Å². The maximum absolute atomic E-state index is 12.3. The van der Waals surface area contributed by atoms with E-state index in [-0.39, 0.29) is 17.9 Å². The molecule has 1 aliphatic heterocycles. The van der Waals surface area contributed by atoms with Crippen LogP contribution in [0.1, 0.15) is 26.2 Å². The SMILES string of the molecule is C=CCC(CC=C)C(=O)N1CCC(C(=O)O)C1C. The van der Waals surface area contributed by atoms with Crippen LogP contribution in [0.5, 0.6) is 0 Å². The minimum Gasteiger partial charge on any atom is -0.481 e. The zero-order chi connectivity index (χ0) is 13.7. The quantitative estimate of drug-likeness (QED) is 0.735. The third-order valence-corrected chi connectivity index (χ3v) is 3.61. The monoisotopic (exact) mass is 251 g/mol. The van der Waals surface area contributed by atoms with Gasteiger partial charge in [-0.2, -0.15) is 0 Å². The molecule has 0 radical (unpaired) electrons. The Bertz CT molecular complexity index is 341. The highest BCUT2D eigenvalue weighted by molar-refractivity contribution is 5.81. The first kappa shape index (κ1) is 14.5. The van der Waals surface area contributed by atoms with Crippen molar-refractivity contribution in [3.63, 3.8) is 0 Å². The van der Waals surface area contributed by atoms with E-state index in [2.05, 4.69) is 13.2 Å². The molecular weight excluding hydrogens is 230 g/mol. The molecule has 1 saturated heterocycles. The van der Waals surface area contributed by atoms with Gasteiger partial charge in [0.2, 0.25) is 5.91 Å². The number of allylic oxidation sites excluding steroid dienone is 2. The summed E-state index contributed by atoms with van der Waals surface area (Å²) in [5.41, 5.74) is 0. The van der Waals surface area contributed by atoms with Crippen molar-refractivity contribution in [3.05, 3.63) is 25.3 Å². The molecule has 1 amide bonds. The van der Waals surface area contributed by atoms with Gasteiger partial charge in [0.25, 0.3) is 0 Å². The lowest BCUT2D eigenvalue weighted by Gasteiger charge is -2.27. The number of carboxylic acid groups (broad SMARTS) is 1. The van der Waals surface area contributed by atoms with Crippen molar-refractivity contribution in [1.29, 1.82) is 0 Å². The topological polar surface area (TPSA) is 57.6 Å². The highest BCUT2D eigenvalue weighted by atomic mass is 16.4. The molecule has 1 N–H and O–H groups in total. The van der Waals surface area contributed by atoms with Gasteiger partial charge >= 0.3 is 5.97 Å². The van der Waals surface area contributed by atoms with Crippen LogP contribution in [0.15, 0.2) is 25.3 Å². The number of hydrogen-bond acceptors (Lipinski definition) is 2. The van der Waals surface area contributed by atoms with Crippen LogP contribution in [0, 0.1) is 11.8 Å². The zero-order valence-electron chi connectivity index (χ0n) is 10.8. The minimum atomic E-state index is -0.818. The summed E-state index contributed by atoms with van der Waals surface area (Å²) in [5.74, 6) is -1.40. The van der Waals surface area contributed by atoms with Crippen molar-refractivity contribution in [3.8, 4) is 0 Å². The van der Waals surface area contributed by atoms with Gasteiger partial charge in [-0.25, -0.2) is 0 Å². The van der Waals surface area contributed by atoms with E-state index in [1.165, 1.54) is 0 Å². The maximum atomic E-state index is 12.3. The summed E-state index contributed by atoms with van der Waals surface area (Å²) < 4.78 is 0. The number of likely N-dealkylation sites (tertiary alicyclic amines) is 1. The fourth-order valence-corrected chi connectivity index (χ4v) is 2.52. The van der Waals surface area contributed by atoms with Crippen LogP contribution < -0.4 is 0 Å². The van der Waals surface area contributed by atoms with Crippen LogP contribution in [0.25, 0.3) is 0 Å². The molecule has 0 aromatic rings. The lowest BCUT2D eigenvalue weighted by Crippen LogP contribution is -2.41. The van der Waals surface area contributed by atoms with Gasteiger partial charge in [-0.3, -0.25) is 9.59 Å². The number of rotatable bonds is 6. The first-order chi connectivity index (χ1) is 8.52. The molecule has 4 heteroatoms. The lowest BCUT2D eigenvalue weighted by molar-refractivity contribution is -0.143. The third kappa shape index (κ3) is 3.00. The second kappa shape index (κ2) is 6.38. The summed E-state index contributed by atoms with van der Waals surface area (Å²) in [6.07, 6.45) is 5.19. The van der Waals surface area contributed by atoms with Crippen molar-refractivity contribution < 1.29 is 14.7 Å². The van der Waals surface area contributed by atoms with Gasteiger partial charge in [-0.1, -0.05) is 12.2 Å². The summed E-state index contributed by atoms with van der Waals surface area (Å²) in [6, 6.07) is -0.230. The Morgan fingerprint density at radius 3 is 2.33 bits per heavy atom. The van der Waals surface area contributed by atoms with E-state index in [1.54, 1.807) is 17.1 Å². The van der Waals surface area contributed by atoms with E-state index in [0.717, 1.165) is 0 Å². The summed E-state index contributed by atoms with van der Waals surface area (Å²) in [7, 11) is 0. The average Bonchev–Trinajstić information content (AvgIpc) is 2.70. The third-order valence-electron chi connectivity index (χ3n) is 3.61. The second-order valence-corrected chi connectivity index (χ2v) is 4.75. The molecule has 4 nitrogen and oxygen atoms in total. The number of aliphatic carboxylic acids is 1. The van der Waals surface area contributed by atoms with Crippen LogP contribution in [-0.4, -0.2) is 34.5 Å². The predicted octanol–water partition coefficient (Wildman–Crippen LogP) is 2.08. The van der Waals surface area contributed by atoms with Crippen molar-refractivity contribution >= 4 is 11.9 Å². The van der Waals surface area contributed by atoms with Gasteiger partial charge in [0.05, 0.1) is 5.92 Å². The van der Waals surface area contributed by atoms with E-state index in [4.69, 9.17) is 5.11 Å². The van der Waals surface area contributed by atoms with E-state index in [0.29, 0.717) is 25.8 Å². The van der Waals surface area contributed by atoms with Crippen LogP contribution >= 0.6 is 0 Å². The summed E-state index contributed by atoms with van der Waals surface area (Å²) in [5, 5.41) is 9.06. The molecule has 0 aromatic carbocycles. The highest BCUT2D eigenvalue weighted by Crippen LogP contribution is 2.27. The molecule has 0 spiro atoms. The molecule has 1 rings (SSSR count). The molecule has 0 saturated carbocycles. The Morgan fingerprint density at radius 2 is 1.94 bits per heavy atom. The molecule has 0 bridgehead atoms. The Morgan fingerprint density at radius 1 is 1.39 bits per heavy atom. The van der Waals surface area contributed by atoms with Gasteiger partial charge in [0.15, 0.2) is 0 Å². The summed E-state index contributed by atoms with van der Waals surface area (Å²) >= 11 is 0. The van der Waals surface area contributed by atoms with Gasteiger partial charge in [0, 0.05) is 18.5 Å². The van der Waals surface area contributed by atoms with E-state index in [9.17, 15) is 9.59 Å². The predicted molar refractivity (Wildman–Crippen MR) is 70.0 cm³/mol. The van der Waals surface area contributed by atoms with Crippen molar-refractivity contribution in [2.75, 3.05) is 6.54 Å². The summed E-state index contributed by atoms with van der Waals surface area (Å²) in [6.45, 7) is 9.65.